The lowest BCUT2D eigenvalue weighted by Crippen LogP contribution is -2.29. The maximum absolute atomic E-state index is 13.2. The Balaban J connectivity index is 1.76. The summed E-state index contributed by atoms with van der Waals surface area (Å²) < 4.78 is 0. The molecular weight excluding hydrogens is 370 g/mol. The Morgan fingerprint density at radius 1 is 1.21 bits per heavy atom. The third kappa shape index (κ3) is 4.28. The number of thiophene rings is 1. The van der Waals surface area contributed by atoms with Crippen molar-refractivity contribution in [3.05, 3.63) is 52.4 Å². The molecule has 2 amide bonds. The minimum atomic E-state index is -0.478. The second kappa shape index (κ2) is 8.05. The second-order valence-electron chi connectivity index (χ2n) is 8.55. The number of carbonyl (C=O) groups is 2. The monoisotopic (exact) mass is 399 g/mol. The van der Waals surface area contributed by atoms with E-state index in [-0.39, 0.29) is 23.7 Å². The summed E-state index contributed by atoms with van der Waals surface area (Å²) in [6.45, 7) is 9.42. The van der Waals surface area contributed by atoms with Gasteiger partial charge in [0.1, 0.15) is 0 Å². The van der Waals surface area contributed by atoms with E-state index in [1.165, 1.54) is 16.9 Å². The first-order valence-electron chi connectivity index (χ1n) is 9.67. The fourth-order valence-corrected chi connectivity index (χ4v) is 4.59. The molecule has 2 aromatic rings. The Morgan fingerprint density at radius 2 is 1.89 bits per heavy atom. The molecule has 0 aliphatic carbocycles. The Bertz CT molecular complexity index is 854. The van der Waals surface area contributed by atoms with Gasteiger partial charge in [0.25, 0.3) is 5.91 Å². The largest absolute Gasteiger partial charge is 0.337 e. The third-order valence-corrected chi connectivity index (χ3v) is 6.43. The number of rotatable bonds is 4. The Kier molecular flexibility index (Phi) is 5.91. The van der Waals surface area contributed by atoms with E-state index in [1.807, 2.05) is 56.9 Å². The zero-order valence-corrected chi connectivity index (χ0v) is 17.8. The van der Waals surface area contributed by atoms with Gasteiger partial charge in [0.2, 0.25) is 5.91 Å². The molecule has 0 radical (unpaired) electrons. The summed E-state index contributed by atoms with van der Waals surface area (Å²) >= 11 is 1.35. The van der Waals surface area contributed by atoms with Crippen LogP contribution in [0.25, 0.3) is 0 Å². The summed E-state index contributed by atoms with van der Waals surface area (Å²) in [5, 5.41) is 3.65. The van der Waals surface area contributed by atoms with Gasteiger partial charge >= 0.3 is 0 Å². The number of likely N-dealkylation sites (tertiary alicyclic amines) is 1. The summed E-state index contributed by atoms with van der Waals surface area (Å²) in [4.78, 5) is 28.0. The van der Waals surface area contributed by atoms with Gasteiger partial charge in [-0.25, -0.2) is 0 Å². The number of nitrogens with one attached hydrogen (secondary N) is 1. The van der Waals surface area contributed by atoms with E-state index in [1.54, 1.807) is 0 Å². The molecule has 0 saturated carbocycles. The van der Waals surface area contributed by atoms with Gasteiger partial charge in [0, 0.05) is 24.4 Å². The van der Waals surface area contributed by atoms with Crippen molar-refractivity contribution in [3.63, 3.8) is 0 Å². The number of benzene rings is 1. The third-order valence-electron chi connectivity index (χ3n) is 5.29. The van der Waals surface area contributed by atoms with E-state index in [0.29, 0.717) is 24.5 Å². The molecule has 3 N–H and O–H groups in total. The van der Waals surface area contributed by atoms with E-state index in [2.05, 4.69) is 17.4 Å². The van der Waals surface area contributed by atoms with Crippen molar-refractivity contribution in [3.8, 4) is 0 Å². The van der Waals surface area contributed by atoms with E-state index in [9.17, 15) is 9.59 Å². The van der Waals surface area contributed by atoms with Crippen LogP contribution in [-0.2, 0) is 4.79 Å². The maximum atomic E-state index is 13.2. The van der Waals surface area contributed by atoms with Crippen molar-refractivity contribution in [2.75, 3.05) is 25.0 Å². The number of hydrogen-bond acceptors (Lipinski definition) is 4. The van der Waals surface area contributed by atoms with Crippen molar-refractivity contribution < 1.29 is 9.59 Å². The van der Waals surface area contributed by atoms with Crippen LogP contribution in [0.3, 0.4) is 0 Å². The standard InChI is InChI=1S/C22H29N3O2S/c1-14-10-18(24-21(27)22(2,3)4)28-19(14)20(26)25-12-16(11-23)17(13-25)15-8-6-5-7-9-15/h5-10,16-17H,11-13,23H2,1-4H3,(H,24,27)/t16-,17+/m1/s1. The van der Waals surface area contributed by atoms with Gasteiger partial charge in [0.05, 0.1) is 9.88 Å². The number of aryl methyl sites for hydroxylation is 1. The molecule has 2 atom stereocenters. The van der Waals surface area contributed by atoms with Crippen LogP contribution in [0.1, 0.15) is 47.5 Å². The zero-order valence-electron chi connectivity index (χ0n) is 17.0. The van der Waals surface area contributed by atoms with Crippen LogP contribution in [0.4, 0.5) is 5.00 Å². The fraction of sp³-hybridized carbons (Fsp3) is 0.455. The highest BCUT2D eigenvalue weighted by molar-refractivity contribution is 7.18. The Morgan fingerprint density at radius 3 is 2.50 bits per heavy atom. The van der Waals surface area contributed by atoms with Gasteiger partial charge in [0.15, 0.2) is 0 Å². The SMILES string of the molecule is Cc1cc(NC(=O)C(C)(C)C)sc1C(=O)N1C[C@@H](CN)[C@H](c2ccccc2)C1. The van der Waals surface area contributed by atoms with Gasteiger partial charge in [-0.15, -0.1) is 11.3 Å². The lowest BCUT2D eigenvalue weighted by molar-refractivity contribution is -0.123. The fourth-order valence-electron chi connectivity index (χ4n) is 3.55. The Hall–Kier alpha value is -2.18. The molecule has 150 valence electrons. The molecule has 5 nitrogen and oxygen atoms in total. The molecule has 6 heteroatoms. The minimum absolute atomic E-state index is 0.0237. The van der Waals surface area contributed by atoms with Gasteiger partial charge in [-0.2, -0.15) is 0 Å². The second-order valence-corrected chi connectivity index (χ2v) is 9.60. The van der Waals surface area contributed by atoms with Crippen molar-refractivity contribution in [2.45, 2.75) is 33.6 Å². The summed E-state index contributed by atoms with van der Waals surface area (Å²) in [6.07, 6.45) is 0. The first kappa shape index (κ1) is 20.6. The number of nitrogens with zero attached hydrogens (tertiary/aromatic N) is 1. The molecule has 28 heavy (non-hydrogen) atoms. The average molecular weight is 400 g/mol. The average Bonchev–Trinajstić information content (AvgIpc) is 3.24. The van der Waals surface area contributed by atoms with E-state index in [0.717, 1.165) is 10.6 Å². The molecule has 1 aliphatic rings. The van der Waals surface area contributed by atoms with Crippen molar-refractivity contribution in [1.29, 1.82) is 0 Å². The van der Waals surface area contributed by atoms with Gasteiger partial charge in [-0.05, 0) is 36.6 Å². The van der Waals surface area contributed by atoms with Crippen molar-refractivity contribution in [1.82, 2.24) is 4.90 Å². The van der Waals surface area contributed by atoms with Crippen LogP contribution in [0, 0.1) is 18.3 Å². The minimum Gasteiger partial charge on any atom is -0.337 e. The lowest BCUT2D eigenvalue weighted by Gasteiger charge is -2.17. The lowest BCUT2D eigenvalue weighted by atomic mass is 9.89. The number of carbonyl (C=O) groups excluding carboxylic acids is 2. The molecule has 0 unspecified atom stereocenters. The van der Waals surface area contributed by atoms with Crippen LogP contribution in [-0.4, -0.2) is 36.3 Å². The highest BCUT2D eigenvalue weighted by Crippen LogP contribution is 2.35. The molecule has 1 aromatic heterocycles. The smallest absolute Gasteiger partial charge is 0.264 e. The van der Waals surface area contributed by atoms with Crippen LogP contribution < -0.4 is 11.1 Å². The molecule has 1 saturated heterocycles. The van der Waals surface area contributed by atoms with Gasteiger partial charge < -0.3 is 16.0 Å². The Labute approximate surface area is 170 Å². The van der Waals surface area contributed by atoms with E-state index in [4.69, 9.17) is 5.73 Å². The first-order valence-corrected chi connectivity index (χ1v) is 10.5. The summed E-state index contributed by atoms with van der Waals surface area (Å²) in [7, 11) is 0. The van der Waals surface area contributed by atoms with E-state index >= 15 is 0 Å². The van der Waals surface area contributed by atoms with E-state index < -0.39 is 5.41 Å². The molecule has 2 heterocycles. The molecular formula is C22H29N3O2S. The van der Waals surface area contributed by atoms with Crippen LogP contribution in [0.5, 0.6) is 0 Å². The zero-order chi connectivity index (χ0) is 20.5. The quantitative estimate of drug-likeness (QED) is 0.820. The summed E-state index contributed by atoms with van der Waals surface area (Å²) in [5.74, 6) is 0.485. The highest BCUT2D eigenvalue weighted by atomic mass is 32.1. The number of hydrogen-bond donors (Lipinski definition) is 2. The molecule has 1 fully saturated rings. The van der Waals surface area contributed by atoms with Crippen molar-refractivity contribution in [2.24, 2.45) is 17.1 Å². The molecule has 0 bridgehead atoms. The predicted octanol–water partition coefficient (Wildman–Crippen LogP) is 3.86. The van der Waals surface area contributed by atoms with Crippen LogP contribution >= 0.6 is 11.3 Å². The maximum Gasteiger partial charge on any atom is 0.264 e. The number of amides is 2. The van der Waals surface area contributed by atoms with Crippen LogP contribution in [0.2, 0.25) is 0 Å². The first-order chi connectivity index (χ1) is 13.2. The van der Waals surface area contributed by atoms with Gasteiger partial charge in [-0.3, -0.25) is 9.59 Å². The van der Waals surface area contributed by atoms with Gasteiger partial charge in [-0.1, -0.05) is 51.1 Å². The summed E-state index contributed by atoms with van der Waals surface area (Å²) in [5.41, 5.74) is 7.66. The molecule has 1 aromatic carbocycles. The normalized spacial score (nSPS) is 19.7. The highest BCUT2D eigenvalue weighted by Gasteiger charge is 2.36. The summed E-state index contributed by atoms with van der Waals surface area (Å²) in [6, 6.07) is 12.2. The number of nitrogens with two attached hydrogens (primary N) is 1. The molecule has 1 aliphatic heterocycles. The molecule has 0 spiro atoms. The topological polar surface area (TPSA) is 75.4 Å². The predicted molar refractivity (Wildman–Crippen MR) is 115 cm³/mol. The molecule has 3 rings (SSSR count). The van der Waals surface area contributed by atoms with Crippen LogP contribution in [0.15, 0.2) is 36.4 Å². The number of anilines is 1. The van der Waals surface area contributed by atoms with Crippen molar-refractivity contribution >= 4 is 28.2 Å².